The van der Waals surface area contributed by atoms with E-state index in [2.05, 4.69) is 52.0 Å². The Kier molecular flexibility index (Phi) is 12.5. The SMILES string of the molecule is CCCCCCCCOc1ccc([C@@]2(C)CC[C@](C)(c3ccc(OCCCCCCCC)cc3)N2[O])cc1. The van der Waals surface area contributed by atoms with Gasteiger partial charge in [0.1, 0.15) is 11.5 Å². The molecule has 0 amide bonds. The molecule has 2 atom stereocenters. The van der Waals surface area contributed by atoms with E-state index in [-0.39, 0.29) is 0 Å². The second-order valence-corrected chi connectivity index (χ2v) is 11.6. The monoisotopic (exact) mass is 522 g/mol. The molecule has 0 aromatic heterocycles. The molecule has 1 fully saturated rings. The van der Waals surface area contributed by atoms with Gasteiger partial charge in [-0.1, -0.05) is 102 Å². The summed E-state index contributed by atoms with van der Waals surface area (Å²) >= 11 is 0. The fourth-order valence-corrected chi connectivity index (χ4v) is 5.72. The summed E-state index contributed by atoms with van der Waals surface area (Å²) in [6, 6.07) is 16.4. The molecule has 211 valence electrons. The molecule has 1 heterocycles. The van der Waals surface area contributed by atoms with Crippen LogP contribution >= 0.6 is 0 Å². The van der Waals surface area contributed by atoms with Gasteiger partial charge in [-0.3, -0.25) is 0 Å². The Morgan fingerprint density at radius 1 is 0.579 bits per heavy atom. The minimum absolute atomic E-state index is 0.556. The maximum absolute atomic E-state index is 13.8. The molecule has 0 bridgehead atoms. The zero-order valence-corrected chi connectivity index (χ0v) is 24.6. The lowest BCUT2D eigenvalue weighted by Gasteiger charge is -2.37. The summed E-state index contributed by atoms with van der Waals surface area (Å²) in [6.07, 6.45) is 16.7. The van der Waals surface area contributed by atoms with E-state index in [9.17, 15) is 5.21 Å². The Hall–Kier alpha value is -2.04. The third kappa shape index (κ3) is 8.23. The molecular formula is C34H52NO3. The van der Waals surface area contributed by atoms with Crippen molar-refractivity contribution >= 4 is 0 Å². The Morgan fingerprint density at radius 3 is 1.29 bits per heavy atom. The maximum atomic E-state index is 13.8. The Bertz CT molecular complexity index is 837. The predicted molar refractivity (Wildman–Crippen MR) is 157 cm³/mol. The first-order valence-electron chi connectivity index (χ1n) is 15.4. The van der Waals surface area contributed by atoms with E-state index >= 15 is 0 Å². The number of ether oxygens (including phenoxy) is 2. The van der Waals surface area contributed by atoms with E-state index < -0.39 is 11.1 Å². The summed E-state index contributed by atoms with van der Waals surface area (Å²) in [5.41, 5.74) is 1.00. The smallest absolute Gasteiger partial charge is 0.119 e. The van der Waals surface area contributed by atoms with Gasteiger partial charge in [0.15, 0.2) is 0 Å². The van der Waals surface area contributed by atoms with Crippen molar-refractivity contribution in [2.45, 2.75) is 129 Å². The number of hydrogen-bond donors (Lipinski definition) is 0. The van der Waals surface area contributed by atoms with Crippen molar-refractivity contribution in [1.82, 2.24) is 5.06 Å². The number of nitrogens with zero attached hydrogens (tertiary/aromatic N) is 1. The van der Waals surface area contributed by atoms with E-state index in [1.807, 2.05) is 24.3 Å². The van der Waals surface area contributed by atoms with Crippen molar-refractivity contribution in [1.29, 1.82) is 0 Å². The van der Waals surface area contributed by atoms with E-state index in [0.29, 0.717) is 0 Å². The summed E-state index contributed by atoms with van der Waals surface area (Å²) in [7, 11) is 0. The fraction of sp³-hybridized carbons (Fsp3) is 0.647. The fourth-order valence-electron chi connectivity index (χ4n) is 5.72. The summed E-state index contributed by atoms with van der Waals surface area (Å²) in [6.45, 7) is 10.2. The second kappa shape index (κ2) is 15.5. The first kappa shape index (κ1) is 30.5. The first-order valence-corrected chi connectivity index (χ1v) is 15.4. The van der Waals surface area contributed by atoms with Crippen molar-refractivity contribution in [2.24, 2.45) is 0 Å². The lowest BCUT2D eigenvalue weighted by molar-refractivity contribution is -0.260. The molecule has 0 N–H and O–H groups in total. The van der Waals surface area contributed by atoms with Crippen LogP contribution in [-0.2, 0) is 16.3 Å². The van der Waals surface area contributed by atoms with Crippen molar-refractivity contribution in [2.75, 3.05) is 13.2 Å². The number of hydroxylamine groups is 2. The molecule has 0 aliphatic carbocycles. The summed E-state index contributed by atoms with van der Waals surface area (Å²) in [4.78, 5) is 0. The van der Waals surface area contributed by atoms with Crippen LogP contribution in [0.5, 0.6) is 11.5 Å². The van der Waals surface area contributed by atoms with Crippen LogP contribution in [0, 0.1) is 0 Å². The van der Waals surface area contributed by atoms with Crippen LogP contribution < -0.4 is 9.47 Å². The predicted octanol–water partition coefficient (Wildman–Crippen LogP) is 9.74. The molecule has 3 rings (SSSR count). The molecule has 0 saturated carbocycles. The minimum atomic E-state index is -0.556. The molecule has 38 heavy (non-hydrogen) atoms. The minimum Gasteiger partial charge on any atom is -0.494 e. The van der Waals surface area contributed by atoms with Crippen LogP contribution in [0.3, 0.4) is 0 Å². The van der Waals surface area contributed by atoms with Gasteiger partial charge in [-0.05, 0) is 74.9 Å². The number of rotatable bonds is 18. The van der Waals surface area contributed by atoms with Gasteiger partial charge in [-0.2, -0.15) is 0 Å². The quantitative estimate of drug-likeness (QED) is 0.183. The molecular weight excluding hydrogens is 470 g/mol. The van der Waals surface area contributed by atoms with Crippen molar-refractivity contribution < 1.29 is 14.7 Å². The maximum Gasteiger partial charge on any atom is 0.119 e. The Labute approximate surface area is 232 Å². The first-order chi connectivity index (χ1) is 18.4. The third-order valence-electron chi connectivity index (χ3n) is 8.48. The number of hydrogen-bond acceptors (Lipinski definition) is 3. The summed E-state index contributed by atoms with van der Waals surface area (Å²) in [5.74, 6) is 1.78. The van der Waals surface area contributed by atoms with Gasteiger partial charge < -0.3 is 9.47 Å². The van der Waals surface area contributed by atoms with E-state index in [0.717, 1.165) is 61.5 Å². The summed E-state index contributed by atoms with van der Waals surface area (Å²) < 4.78 is 11.9. The number of benzene rings is 2. The molecule has 0 spiro atoms. The molecule has 4 heteroatoms. The molecule has 2 aromatic rings. The second-order valence-electron chi connectivity index (χ2n) is 11.6. The van der Waals surface area contributed by atoms with Crippen LogP contribution in [0.1, 0.15) is 129 Å². The highest BCUT2D eigenvalue weighted by Gasteiger charge is 2.52. The lowest BCUT2D eigenvalue weighted by Crippen LogP contribution is -2.44. The van der Waals surface area contributed by atoms with Crippen LogP contribution in [0.15, 0.2) is 48.5 Å². The van der Waals surface area contributed by atoms with Gasteiger partial charge in [-0.15, -0.1) is 10.3 Å². The average Bonchev–Trinajstić information content (AvgIpc) is 3.18. The van der Waals surface area contributed by atoms with Crippen LogP contribution in [-0.4, -0.2) is 18.3 Å². The molecule has 1 saturated heterocycles. The Balaban J connectivity index is 1.50. The highest BCUT2D eigenvalue weighted by atomic mass is 16.5. The zero-order valence-electron chi connectivity index (χ0n) is 24.6. The van der Waals surface area contributed by atoms with Crippen LogP contribution in [0.25, 0.3) is 0 Å². The van der Waals surface area contributed by atoms with Gasteiger partial charge in [0, 0.05) is 0 Å². The zero-order chi connectivity index (χ0) is 27.3. The molecule has 1 aliphatic heterocycles. The van der Waals surface area contributed by atoms with Gasteiger partial charge in [0.2, 0.25) is 0 Å². The molecule has 2 aromatic carbocycles. The summed E-state index contributed by atoms with van der Waals surface area (Å²) in [5, 5.41) is 15.1. The molecule has 4 nitrogen and oxygen atoms in total. The highest BCUT2D eigenvalue weighted by molar-refractivity contribution is 5.36. The average molecular weight is 523 g/mol. The van der Waals surface area contributed by atoms with Gasteiger partial charge >= 0.3 is 0 Å². The third-order valence-corrected chi connectivity index (χ3v) is 8.48. The van der Waals surface area contributed by atoms with Gasteiger partial charge in [0.25, 0.3) is 0 Å². The lowest BCUT2D eigenvalue weighted by atomic mass is 9.89. The van der Waals surface area contributed by atoms with Gasteiger partial charge in [0.05, 0.1) is 24.3 Å². The highest BCUT2D eigenvalue weighted by Crippen LogP contribution is 2.51. The van der Waals surface area contributed by atoms with Crippen molar-refractivity contribution in [3.63, 3.8) is 0 Å². The number of unbranched alkanes of at least 4 members (excludes halogenated alkanes) is 10. The molecule has 0 unspecified atom stereocenters. The molecule has 1 aliphatic rings. The van der Waals surface area contributed by atoms with Crippen LogP contribution in [0.2, 0.25) is 0 Å². The van der Waals surface area contributed by atoms with E-state index in [4.69, 9.17) is 9.47 Å². The van der Waals surface area contributed by atoms with E-state index in [1.165, 1.54) is 69.3 Å². The van der Waals surface area contributed by atoms with Crippen molar-refractivity contribution in [3.05, 3.63) is 59.7 Å². The standard InChI is InChI=1S/C34H52NO3/c1-5-7-9-11-13-15-27-37-31-21-17-29(18-22-31)33(3)25-26-34(4,35(33)36)30-19-23-32(24-20-30)38-28-16-14-12-10-8-6-2/h17-24H,5-16,25-28H2,1-4H3/t33-,34-/m1/s1. The topological polar surface area (TPSA) is 41.6 Å². The molecule has 1 radical (unpaired) electrons. The Morgan fingerprint density at radius 2 is 0.921 bits per heavy atom. The van der Waals surface area contributed by atoms with Crippen LogP contribution in [0.4, 0.5) is 0 Å². The normalized spacial score (nSPS) is 21.6. The van der Waals surface area contributed by atoms with E-state index in [1.54, 1.807) is 0 Å². The largest absolute Gasteiger partial charge is 0.494 e. The van der Waals surface area contributed by atoms with Gasteiger partial charge in [-0.25, -0.2) is 0 Å². The van der Waals surface area contributed by atoms with Crippen molar-refractivity contribution in [3.8, 4) is 11.5 Å².